The minimum absolute atomic E-state index is 0.0251. The van der Waals surface area contributed by atoms with Gasteiger partial charge in [-0.1, -0.05) is 97.9 Å². The summed E-state index contributed by atoms with van der Waals surface area (Å²) in [5.41, 5.74) is 6.89. The van der Waals surface area contributed by atoms with Crippen molar-refractivity contribution in [1.29, 1.82) is 0 Å². The molecule has 5 heterocycles. The van der Waals surface area contributed by atoms with Crippen molar-refractivity contribution in [2.45, 2.75) is 112 Å². The quantitative estimate of drug-likeness (QED) is 0.0793. The van der Waals surface area contributed by atoms with Crippen LogP contribution in [0, 0.1) is 17.8 Å². The van der Waals surface area contributed by atoms with Gasteiger partial charge >= 0.3 is 0 Å². The summed E-state index contributed by atoms with van der Waals surface area (Å²) in [6.45, 7) is 3.15. The van der Waals surface area contributed by atoms with E-state index >= 15 is 0 Å². The molecule has 0 unspecified atom stereocenters. The van der Waals surface area contributed by atoms with Crippen LogP contribution in [0.2, 0.25) is 0 Å². The molecule has 0 radical (unpaired) electrons. The molecule has 4 N–H and O–H groups in total. The summed E-state index contributed by atoms with van der Waals surface area (Å²) in [7, 11) is 0. The van der Waals surface area contributed by atoms with Gasteiger partial charge in [0, 0.05) is 55.0 Å². The van der Waals surface area contributed by atoms with Crippen molar-refractivity contribution in [1.82, 2.24) is 19.9 Å². The molecule has 0 atom stereocenters. The van der Waals surface area contributed by atoms with Gasteiger partial charge in [0.25, 0.3) is 0 Å². The van der Waals surface area contributed by atoms with Crippen molar-refractivity contribution < 1.29 is 5.11 Å². The molecule has 1 aliphatic heterocycles. The highest BCUT2D eigenvalue weighted by molar-refractivity contribution is 8.01. The lowest BCUT2D eigenvalue weighted by molar-refractivity contribution is 0.285. The average molecular weight is 969 g/mol. The van der Waals surface area contributed by atoms with Crippen LogP contribution < -0.4 is 20.9 Å². The zero-order valence-electron chi connectivity index (χ0n) is 38.5. The predicted octanol–water partition coefficient (Wildman–Crippen LogP) is 14.5. The molecular formula is C54H64N8OS4. The number of aliphatic hydroxyl groups excluding tert-OH is 1. The van der Waals surface area contributed by atoms with E-state index in [0.717, 1.165) is 86.3 Å². The molecule has 3 fully saturated rings. The molecule has 3 aromatic carbocycles. The standard InChI is InChI=1S/C34H41N5OS3.C20H23N3S/c40-23-34(43-27-12-14-29-31(20-27)42-33(38-29)36-22-25-9-5-2-6-10-25)15-17-39(18-16-34)26-11-13-28-30(19-26)41-32(37-28)35-21-24-7-3-1-4-8-24;1-2-4-16(5-3-1)14-22-20-23-18-7-6-17(13-19(18)24-20)12-15-8-10-21-11-9-15/h11-20,24-25,40H,1-10,21-23H2,(H,35,37)(H,36,38);6-11,13,16H,1-5,12,14H2,(H,22,23). The molecule has 13 heteroatoms. The smallest absolute Gasteiger partial charge is 0.183 e. The van der Waals surface area contributed by atoms with Crippen molar-refractivity contribution in [2.75, 3.05) is 47.1 Å². The summed E-state index contributed by atoms with van der Waals surface area (Å²) in [4.78, 5) is 21.7. The van der Waals surface area contributed by atoms with Crippen molar-refractivity contribution in [3.8, 4) is 0 Å². The number of rotatable bonds is 15. The molecule has 4 aliphatic rings. The summed E-state index contributed by atoms with van der Waals surface area (Å²) in [5.74, 6) is 2.38. The number of anilines is 4. The molecule has 3 saturated carbocycles. The number of fused-ring (bicyclic) bond motifs is 3. The number of hydrogen-bond acceptors (Lipinski definition) is 13. The Kier molecular flexibility index (Phi) is 15.4. The van der Waals surface area contributed by atoms with Crippen LogP contribution in [0.3, 0.4) is 0 Å². The SMILES string of the molecule is OCC1(Sc2ccc3nc(NCC4CCCCC4)sc3c2)C=CN(c2ccc3nc(NCC4CCCCC4)sc3c2)C=C1.c1cc(Cc2ccc3nc(NCC4CCCCC4)sc3c2)ccn1. The van der Waals surface area contributed by atoms with Crippen molar-refractivity contribution in [3.63, 3.8) is 0 Å². The number of aliphatic hydroxyl groups is 1. The zero-order chi connectivity index (χ0) is 45.3. The van der Waals surface area contributed by atoms with E-state index < -0.39 is 4.75 Å². The van der Waals surface area contributed by atoms with Gasteiger partial charge < -0.3 is 26.0 Å². The fraction of sp³-hybridized carbons (Fsp3) is 0.444. The summed E-state index contributed by atoms with van der Waals surface area (Å²) in [6.07, 6.45) is 33.5. The van der Waals surface area contributed by atoms with Crippen molar-refractivity contribution >= 4 is 97.5 Å². The van der Waals surface area contributed by atoms with Gasteiger partial charge in [-0.2, -0.15) is 0 Å². The summed E-state index contributed by atoms with van der Waals surface area (Å²) in [6, 6.07) is 23.7. The van der Waals surface area contributed by atoms with Gasteiger partial charge in [0.15, 0.2) is 15.4 Å². The van der Waals surface area contributed by atoms with E-state index in [9.17, 15) is 5.11 Å². The molecule has 11 rings (SSSR count). The molecule has 7 aromatic rings. The Bertz CT molecular complexity index is 2730. The Hall–Kier alpha value is -4.53. The van der Waals surface area contributed by atoms with Crippen LogP contribution in [0.25, 0.3) is 30.6 Å². The highest BCUT2D eigenvalue weighted by Gasteiger charge is 2.28. The first-order valence-electron chi connectivity index (χ1n) is 24.8. The lowest BCUT2D eigenvalue weighted by Crippen LogP contribution is -2.29. The summed E-state index contributed by atoms with van der Waals surface area (Å²) in [5, 5.41) is 24.4. The Morgan fingerprint density at radius 3 is 1.55 bits per heavy atom. The lowest BCUT2D eigenvalue weighted by atomic mass is 9.89. The lowest BCUT2D eigenvalue weighted by Gasteiger charge is -2.30. The number of thioether (sulfide) groups is 1. The van der Waals surface area contributed by atoms with Crippen LogP contribution in [0.15, 0.2) is 109 Å². The van der Waals surface area contributed by atoms with E-state index in [1.54, 1.807) is 45.8 Å². The Labute approximate surface area is 412 Å². The maximum atomic E-state index is 10.5. The average Bonchev–Trinajstić information content (AvgIpc) is 4.12. The third kappa shape index (κ3) is 12.2. The summed E-state index contributed by atoms with van der Waals surface area (Å²) < 4.78 is 3.12. The van der Waals surface area contributed by atoms with Crippen molar-refractivity contribution in [3.05, 3.63) is 115 Å². The van der Waals surface area contributed by atoms with Gasteiger partial charge in [0.1, 0.15) is 0 Å². The monoisotopic (exact) mass is 968 g/mol. The van der Waals surface area contributed by atoms with E-state index in [-0.39, 0.29) is 6.61 Å². The Morgan fingerprint density at radius 2 is 1.03 bits per heavy atom. The van der Waals surface area contributed by atoms with Crippen LogP contribution in [0.4, 0.5) is 21.1 Å². The highest BCUT2D eigenvalue weighted by atomic mass is 32.2. The minimum atomic E-state index is -0.512. The number of aromatic nitrogens is 4. The van der Waals surface area contributed by atoms with Crippen LogP contribution >= 0.6 is 45.8 Å². The predicted molar refractivity (Wildman–Crippen MR) is 288 cm³/mol. The number of hydrogen-bond donors (Lipinski definition) is 4. The normalized spacial score (nSPS) is 18.1. The first-order valence-corrected chi connectivity index (χ1v) is 28.1. The van der Waals surface area contributed by atoms with E-state index in [2.05, 4.69) is 117 Å². The molecule has 0 saturated heterocycles. The molecule has 67 heavy (non-hydrogen) atoms. The maximum Gasteiger partial charge on any atom is 0.183 e. The van der Waals surface area contributed by atoms with Crippen LogP contribution in [0.1, 0.15) is 107 Å². The Morgan fingerprint density at radius 1 is 0.552 bits per heavy atom. The van der Waals surface area contributed by atoms with Crippen molar-refractivity contribution in [2.24, 2.45) is 17.8 Å². The van der Waals surface area contributed by atoms with Gasteiger partial charge in [-0.15, -0.1) is 11.8 Å². The van der Waals surface area contributed by atoms with Crippen LogP contribution in [-0.2, 0) is 6.42 Å². The zero-order valence-corrected chi connectivity index (χ0v) is 41.8. The molecule has 3 aliphatic carbocycles. The van der Waals surface area contributed by atoms with E-state index in [1.807, 2.05) is 12.4 Å². The summed E-state index contributed by atoms with van der Waals surface area (Å²) >= 11 is 6.92. The molecule has 0 amide bonds. The second-order valence-electron chi connectivity index (χ2n) is 19.1. The topological polar surface area (TPSA) is 111 Å². The number of nitrogens with one attached hydrogen (secondary N) is 3. The van der Waals surface area contributed by atoms with Gasteiger partial charge in [0.05, 0.1) is 42.0 Å². The number of benzene rings is 3. The fourth-order valence-electron chi connectivity index (χ4n) is 10.1. The second-order valence-corrected chi connectivity index (χ2v) is 23.6. The minimum Gasteiger partial charge on any atom is -0.394 e. The maximum absolute atomic E-state index is 10.5. The fourth-order valence-corrected chi connectivity index (χ4v) is 14.0. The molecule has 350 valence electrons. The molecule has 0 spiro atoms. The van der Waals surface area contributed by atoms with Gasteiger partial charge in [-0.25, -0.2) is 15.0 Å². The molecule has 0 bridgehead atoms. The largest absolute Gasteiger partial charge is 0.394 e. The third-order valence-electron chi connectivity index (χ3n) is 14.0. The molecular weight excluding hydrogens is 905 g/mol. The number of thiazole rings is 3. The van der Waals surface area contributed by atoms with Gasteiger partial charge in [-0.05, 0) is 147 Å². The number of pyridine rings is 1. The van der Waals surface area contributed by atoms with E-state index in [4.69, 9.17) is 15.0 Å². The molecule has 4 aromatic heterocycles. The van der Waals surface area contributed by atoms with Crippen LogP contribution in [-0.4, -0.2) is 56.0 Å². The van der Waals surface area contributed by atoms with Crippen LogP contribution in [0.5, 0.6) is 0 Å². The van der Waals surface area contributed by atoms with Gasteiger partial charge in [-0.3, -0.25) is 4.98 Å². The molecule has 9 nitrogen and oxygen atoms in total. The number of nitrogens with zero attached hydrogens (tertiary/aromatic N) is 5. The highest BCUT2D eigenvalue weighted by Crippen LogP contribution is 2.41. The Balaban J connectivity index is 0.000000184. The van der Waals surface area contributed by atoms with E-state index in [1.165, 1.54) is 122 Å². The first kappa shape index (κ1) is 46.2. The van der Waals surface area contributed by atoms with Gasteiger partial charge in [0.2, 0.25) is 0 Å². The third-order valence-corrected chi connectivity index (χ3v) is 18.2. The first-order chi connectivity index (χ1) is 33.0. The second kappa shape index (κ2) is 22.3. The van der Waals surface area contributed by atoms with E-state index in [0.29, 0.717) is 0 Å².